The number of pyridine rings is 1. The molecule has 0 aliphatic rings. The summed E-state index contributed by atoms with van der Waals surface area (Å²) in [7, 11) is 0. The van der Waals surface area contributed by atoms with E-state index in [0.29, 0.717) is 28.1 Å². The van der Waals surface area contributed by atoms with Gasteiger partial charge < -0.3 is 19.7 Å². The fourth-order valence-corrected chi connectivity index (χ4v) is 3.97. The number of imidazole rings is 1. The minimum atomic E-state index is -4.84. The molecule has 206 valence electrons. The number of aryl methyl sites for hydroxylation is 1. The molecule has 0 fully saturated rings. The summed E-state index contributed by atoms with van der Waals surface area (Å²) in [6.45, 7) is -0.324. The van der Waals surface area contributed by atoms with Crippen molar-refractivity contribution in [2.45, 2.75) is 38.0 Å². The summed E-state index contributed by atoms with van der Waals surface area (Å²) in [5.41, 5.74) is 1.24. The number of carbonyl (C=O) groups is 1. The van der Waals surface area contributed by atoms with Crippen LogP contribution in [-0.4, -0.2) is 38.5 Å². The van der Waals surface area contributed by atoms with Gasteiger partial charge in [-0.2, -0.15) is 13.2 Å². The zero-order valence-electron chi connectivity index (χ0n) is 20.1. The lowest BCUT2D eigenvalue weighted by Gasteiger charge is -2.18. The number of nitrogens with zero attached hydrogens (tertiary/aromatic N) is 3. The smallest absolute Gasteiger partial charge is 0.406 e. The van der Waals surface area contributed by atoms with Crippen molar-refractivity contribution < 1.29 is 41.0 Å². The van der Waals surface area contributed by atoms with Gasteiger partial charge in [0.25, 0.3) is 0 Å². The molecular formula is C26H22F6N4O3. The van der Waals surface area contributed by atoms with E-state index in [9.17, 15) is 36.2 Å². The highest BCUT2D eigenvalue weighted by molar-refractivity contribution is 5.77. The zero-order chi connectivity index (χ0) is 28.2. The van der Waals surface area contributed by atoms with Gasteiger partial charge in [0.05, 0.1) is 24.8 Å². The van der Waals surface area contributed by atoms with Crippen LogP contribution in [0.2, 0.25) is 0 Å². The van der Waals surface area contributed by atoms with Crippen LogP contribution < -0.4 is 10.1 Å². The molecule has 2 N–H and O–H groups in total. The molecule has 0 spiro atoms. The van der Waals surface area contributed by atoms with E-state index < -0.39 is 42.4 Å². The van der Waals surface area contributed by atoms with Gasteiger partial charge in [-0.25, -0.2) is 9.97 Å². The number of benzene rings is 2. The Balaban J connectivity index is 1.45. The van der Waals surface area contributed by atoms with Gasteiger partial charge in [0.1, 0.15) is 17.1 Å². The first-order valence-corrected chi connectivity index (χ1v) is 11.6. The SMILES string of the molecule is O=C(CCc1nc2cccnc2n1Cc1ccc(C(F)(F)F)cc1)NC(CO)c1ccc(OC(F)(F)F)cc1. The number of amides is 1. The van der Waals surface area contributed by atoms with Gasteiger partial charge in [0.15, 0.2) is 5.65 Å². The molecule has 4 aromatic rings. The molecule has 2 aromatic carbocycles. The second kappa shape index (κ2) is 11.3. The molecule has 1 atom stereocenters. The molecule has 0 aliphatic heterocycles. The molecule has 0 saturated carbocycles. The Bertz CT molecular complexity index is 1420. The molecule has 13 heteroatoms. The Morgan fingerprint density at radius 3 is 2.31 bits per heavy atom. The second-order valence-corrected chi connectivity index (χ2v) is 8.57. The first kappa shape index (κ1) is 27.9. The van der Waals surface area contributed by atoms with Crippen LogP contribution in [0.15, 0.2) is 66.9 Å². The van der Waals surface area contributed by atoms with Crippen LogP contribution in [0.5, 0.6) is 5.75 Å². The maximum Gasteiger partial charge on any atom is 0.573 e. The van der Waals surface area contributed by atoms with Crippen molar-refractivity contribution >= 4 is 17.1 Å². The monoisotopic (exact) mass is 552 g/mol. The quantitative estimate of drug-likeness (QED) is 0.280. The number of rotatable bonds is 9. The number of aliphatic hydroxyl groups excluding tert-OH is 1. The molecule has 0 radical (unpaired) electrons. The van der Waals surface area contributed by atoms with Crippen molar-refractivity contribution in [3.05, 3.63) is 89.4 Å². The molecule has 7 nitrogen and oxygen atoms in total. The van der Waals surface area contributed by atoms with Crippen molar-refractivity contribution in [1.82, 2.24) is 19.9 Å². The van der Waals surface area contributed by atoms with E-state index in [-0.39, 0.29) is 19.4 Å². The Morgan fingerprint density at radius 2 is 1.69 bits per heavy atom. The van der Waals surface area contributed by atoms with Gasteiger partial charge in [-0.3, -0.25) is 4.79 Å². The maximum absolute atomic E-state index is 12.9. The van der Waals surface area contributed by atoms with Crippen LogP contribution in [0.3, 0.4) is 0 Å². The van der Waals surface area contributed by atoms with Crippen LogP contribution in [-0.2, 0) is 23.9 Å². The van der Waals surface area contributed by atoms with Crippen molar-refractivity contribution in [3.63, 3.8) is 0 Å². The fraction of sp³-hybridized carbons (Fsp3) is 0.269. The summed E-state index contributed by atoms with van der Waals surface area (Å²) in [5, 5.41) is 12.4. The number of fused-ring (bicyclic) bond motifs is 1. The average Bonchev–Trinajstić information content (AvgIpc) is 3.22. The number of halogens is 6. The van der Waals surface area contributed by atoms with E-state index in [1.54, 1.807) is 22.9 Å². The Morgan fingerprint density at radius 1 is 1.00 bits per heavy atom. The molecule has 0 aliphatic carbocycles. The lowest BCUT2D eigenvalue weighted by Crippen LogP contribution is -2.31. The minimum absolute atomic E-state index is 0.0535. The maximum atomic E-state index is 12.9. The Hall–Kier alpha value is -4.13. The third-order valence-electron chi connectivity index (χ3n) is 5.81. The molecule has 1 amide bonds. The van der Waals surface area contributed by atoms with E-state index in [0.717, 1.165) is 24.3 Å². The van der Waals surface area contributed by atoms with E-state index in [1.165, 1.54) is 24.3 Å². The highest BCUT2D eigenvalue weighted by Crippen LogP contribution is 2.29. The predicted octanol–water partition coefficient (Wildman–Crippen LogP) is 5.18. The Labute approximate surface area is 218 Å². The summed E-state index contributed by atoms with van der Waals surface area (Å²) in [6, 6.07) is 12.0. The minimum Gasteiger partial charge on any atom is -0.406 e. The van der Waals surface area contributed by atoms with Crippen LogP contribution in [0.25, 0.3) is 11.2 Å². The highest BCUT2D eigenvalue weighted by atomic mass is 19.4. The number of nitrogens with one attached hydrogen (secondary N) is 1. The fourth-order valence-electron chi connectivity index (χ4n) is 3.97. The first-order chi connectivity index (χ1) is 18.4. The number of carbonyl (C=O) groups excluding carboxylic acids is 1. The number of hydrogen-bond donors (Lipinski definition) is 2. The molecule has 0 bridgehead atoms. The van der Waals surface area contributed by atoms with Gasteiger partial charge in [0, 0.05) is 19.0 Å². The summed E-state index contributed by atoms with van der Waals surface area (Å²) < 4.78 is 81.4. The predicted molar refractivity (Wildman–Crippen MR) is 127 cm³/mol. The number of aliphatic hydroxyl groups is 1. The van der Waals surface area contributed by atoms with Gasteiger partial charge in [-0.1, -0.05) is 24.3 Å². The molecule has 4 rings (SSSR count). The van der Waals surface area contributed by atoms with Crippen LogP contribution >= 0.6 is 0 Å². The lowest BCUT2D eigenvalue weighted by atomic mass is 10.1. The highest BCUT2D eigenvalue weighted by Gasteiger charge is 2.31. The van der Waals surface area contributed by atoms with E-state index in [4.69, 9.17) is 0 Å². The van der Waals surface area contributed by atoms with Crippen molar-refractivity contribution in [3.8, 4) is 5.75 Å². The van der Waals surface area contributed by atoms with Crippen LogP contribution in [0.4, 0.5) is 26.3 Å². The normalized spacial score (nSPS) is 12.9. The number of alkyl halides is 6. The lowest BCUT2D eigenvalue weighted by molar-refractivity contribution is -0.274. The molecule has 2 aromatic heterocycles. The van der Waals surface area contributed by atoms with Gasteiger partial charge in [-0.15, -0.1) is 13.2 Å². The topological polar surface area (TPSA) is 89.3 Å². The molecule has 2 heterocycles. The summed E-state index contributed by atoms with van der Waals surface area (Å²) in [5.74, 6) is -0.409. The average molecular weight is 552 g/mol. The second-order valence-electron chi connectivity index (χ2n) is 8.57. The molecule has 0 saturated heterocycles. The van der Waals surface area contributed by atoms with Gasteiger partial charge >= 0.3 is 12.5 Å². The molecule has 1 unspecified atom stereocenters. The number of ether oxygens (including phenoxy) is 1. The molecular weight excluding hydrogens is 530 g/mol. The number of aromatic nitrogens is 3. The third-order valence-corrected chi connectivity index (χ3v) is 5.81. The van der Waals surface area contributed by atoms with E-state index in [2.05, 4.69) is 20.0 Å². The van der Waals surface area contributed by atoms with Crippen LogP contribution in [0, 0.1) is 0 Å². The van der Waals surface area contributed by atoms with E-state index in [1.807, 2.05) is 0 Å². The van der Waals surface area contributed by atoms with Crippen molar-refractivity contribution in [2.75, 3.05) is 6.61 Å². The van der Waals surface area contributed by atoms with Crippen molar-refractivity contribution in [1.29, 1.82) is 0 Å². The largest absolute Gasteiger partial charge is 0.573 e. The summed E-state index contributed by atoms with van der Waals surface area (Å²) >= 11 is 0. The number of hydrogen-bond acceptors (Lipinski definition) is 5. The summed E-state index contributed by atoms with van der Waals surface area (Å²) in [4.78, 5) is 21.5. The van der Waals surface area contributed by atoms with Gasteiger partial charge in [0.2, 0.25) is 5.91 Å². The van der Waals surface area contributed by atoms with Crippen LogP contribution in [0.1, 0.15) is 35.0 Å². The van der Waals surface area contributed by atoms with E-state index >= 15 is 0 Å². The van der Waals surface area contributed by atoms with Crippen molar-refractivity contribution in [2.24, 2.45) is 0 Å². The molecule has 39 heavy (non-hydrogen) atoms. The third kappa shape index (κ3) is 7.25. The standard InChI is InChI=1S/C26H22F6N4O3/c27-25(28,29)18-7-3-16(4-8-18)14-36-22(34-20-2-1-13-33-24(20)36)11-12-23(38)35-21(15-37)17-5-9-19(10-6-17)39-26(30,31)32/h1-10,13,21,37H,11-12,14-15H2,(H,35,38). The van der Waals surface area contributed by atoms with Gasteiger partial charge in [-0.05, 0) is 47.5 Å². The Kier molecular flexibility index (Phi) is 8.09. The first-order valence-electron chi connectivity index (χ1n) is 11.6. The zero-order valence-corrected chi connectivity index (χ0v) is 20.1. The summed E-state index contributed by atoms with van der Waals surface area (Å²) in [6.07, 6.45) is -7.64.